The van der Waals surface area contributed by atoms with Gasteiger partial charge in [-0.15, -0.1) is 10.2 Å². The van der Waals surface area contributed by atoms with E-state index in [9.17, 15) is 13.6 Å². The van der Waals surface area contributed by atoms with Gasteiger partial charge >= 0.3 is 6.61 Å². The molecule has 0 saturated carbocycles. The minimum atomic E-state index is -2.97. The van der Waals surface area contributed by atoms with Crippen molar-refractivity contribution >= 4 is 45.5 Å². The van der Waals surface area contributed by atoms with Gasteiger partial charge in [-0.2, -0.15) is 8.78 Å². The van der Waals surface area contributed by atoms with Gasteiger partial charge in [-0.3, -0.25) is 4.79 Å². The smallest absolute Gasteiger partial charge is 0.387 e. The quantitative estimate of drug-likeness (QED) is 0.498. The first-order valence-corrected chi connectivity index (χ1v) is 9.88. The van der Waals surface area contributed by atoms with Crippen molar-refractivity contribution < 1.29 is 18.3 Å². The Labute approximate surface area is 168 Å². The molecule has 0 bridgehead atoms. The number of alkyl halides is 2. The topological polar surface area (TPSA) is 76.1 Å². The van der Waals surface area contributed by atoms with E-state index in [4.69, 9.17) is 0 Å². The summed E-state index contributed by atoms with van der Waals surface area (Å²) in [5, 5.41) is 14.0. The number of nitrogens with zero attached hydrogens (tertiary/aromatic N) is 2. The minimum absolute atomic E-state index is 0.0895. The molecule has 0 saturated heterocycles. The van der Waals surface area contributed by atoms with E-state index in [0.717, 1.165) is 5.69 Å². The maximum atomic E-state index is 12.5. The molecule has 0 spiro atoms. The molecule has 0 aliphatic rings. The van der Waals surface area contributed by atoms with Crippen molar-refractivity contribution in [1.82, 2.24) is 10.2 Å². The van der Waals surface area contributed by atoms with Gasteiger partial charge in [0, 0.05) is 5.69 Å². The van der Waals surface area contributed by atoms with Gasteiger partial charge in [0.2, 0.25) is 11.0 Å². The number of carbonyl (C=O) groups is 1. The lowest BCUT2D eigenvalue weighted by atomic mass is 10.3. The van der Waals surface area contributed by atoms with E-state index < -0.39 is 11.9 Å². The maximum absolute atomic E-state index is 12.5. The molecule has 1 amide bonds. The largest absolute Gasteiger partial charge is 0.433 e. The molecule has 10 heteroatoms. The Morgan fingerprint density at radius 2 is 1.82 bits per heavy atom. The van der Waals surface area contributed by atoms with E-state index in [2.05, 4.69) is 25.6 Å². The zero-order valence-electron chi connectivity index (χ0n) is 14.6. The van der Waals surface area contributed by atoms with Gasteiger partial charge < -0.3 is 15.4 Å². The van der Waals surface area contributed by atoms with Crippen LogP contribution in [0.2, 0.25) is 0 Å². The number of thioether (sulfide) groups is 1. The highest BCUT2D eigenvalue weighted by atomic mass is 32.2. The van der Waals surface area contributed by atoms with Crippen molar-refractivity contribution in [3.63, 3.8) is 0 Å². The fourth-order valence-electron chi connectivity index (χ4n) is 2.16. The van der Waals surface area contributed by atoms with Gasteiger partial charge in [0.05, 0.1) is 10.9 Å². The summed E-state index contributed by atoms with van der Waals surface area (Å²) in [4.78, 5) is 12.4. The van der Waals surface area contributed by atoms with Crippen LogP contribution in [0.4, 0.5) is 25.3 Å². The van der Waals surface area contributed by atoms with Crippen LogP contribution in [0.15, 0.2) is 58.9 Å². The second-order valence-corrected chi connectivity index (χ2v) is 8.05. The Hall–Kier alpha value is -2.72. The van der Waals surface area contributed by atoms with Crippen LogP contribution < -0.4 is 15.4 Å². The van der Waals surface area contributed by atoms with Crippen molar-refractivity contribution in [2.75, 3.05) is 10.6 Å². The number of amides is 1. The van der Waals surface area contributed by atoms with Gasteiger partial charge in [-0.05, 0) is 31.2 Å². The van der Waals surface area contributed by atoms with Crippen LogP contribution in [0.1, 0.15) is 6.92 Å². The average Bonchev–Trinajstić information content (AvgIpc) is 3.10. The molecule has 0 aliphatic carbocycles. The summed E-state index contributed by atoms with van der Waals surface area (Å²) in [5.41, 5.74) is 1.07. The number of ether oxygens (including phenoxy) is 1. The third-order valence-electron chi connectivity index (χ3n) is 3.44. The third-order valence-corrected chi connectivity index (χ3v) is 5.46. The molecule has 28 heavy (non-hydrogen) atoms. The summed E-state index contributed by atoms with van der Waals surface area (Å²) in [6, 6.07) is 15.6. The second kappa shape index (κ2) is 9.47. The number of benzene rings is 2. The van der Waals surface area contributed by atoms with Gasteiger partial charge in [0.1, 0.15) is 5.75 Å². The predicted octanol–water partition coefficient (Wildman–Crippen LogP) is 5.00. The highest BCUT2D eigenvalue weighted by molar-refractivity contribution is 8.02. The zero-order valence-corrected chi connectivity index (χ0v) is 16.3. The molecule has 3 aromatic rings. The van der Waals surface area contributed by atoms with Crippen molar-refractivity contribution in [2.45, 2.75) is 23.1 Å². The highest BCUT2D eigenvalue weighted by Crippen LogP contribution is 2.32. The molecule has 1 heterocycles. The molecule has 2 aromatic carbocycles. The van der Waals surface area contributed by atoms with Gasteiger partial charge in [0.25, 0.3) is 0 Å². The molecule has 0 radical (unpaired) electrons. The Balaban J connectivity index is 1.59. The van der Waals surface area contributed by atoms with Crippen LogP contribution in [0.5, 0.6) is 5.75 Å². The van der Waals surface area contributed by atoms with Crippen LogP contribution in [-0.2, 0) is 4.79 Å². The Kier molecular flexibility index (Phi) is 6.77. The number of anilines is 3. The standard InChI is InChI=1S/C18H16F2N4O2S2/c1-11(15(25)22-13-9-5-6-10-14(13)26-16(19)20)27-18-24-23-17(28-18)21-12-7-3-2-4-8-12/h2-11,16H,1H3,(H,21,23)(H,22,25). The SMILES string of the molecule is CC(Sc1nnc(Nc2ccccc2)s1)C(=O)Nc1ccccc1OC(F)F. The first-order valence-electron chi connectivity index (χ1n) is 8.18. The number of halogens is 2. The van der Waals surface area contributed by atoms with Crippen molar-refractivity contribution in [2.24, 2.45) is 0 Å². The van der Waals surface area contributed by atoms with E-state index >= 15 is 0 Å². The summed E-state index contributed by atoms with van der Waals surface area (Å²) in [7, 11) is 0. The van der Waals surface area contributed by atoms with E-state index in [1.54, 1.807) is 19.1 Å². The van der Waals surface area contributed by atoms with Crippen molar-refractivity contribution in [3.8, 4) is 5.75 Å². The van der Waals surface area contributed by atoms with E-state index in [1.165, 1.54) is 35.2 Å². The lowest BCUT2D eigenvalue weighted by molar-refractivity contribution is -0.115. The summed E-state index contributed by atoms with van der Waals surface area (Å²) in [6.07, 6.45) is 0. The van der Waals surface area contributed by atoms with Crippen molar-refractivity contribution in [3.05, 3.63) is 54.6 Å². The molecular formula is C18H16F2N4O2S2. The summed E-state index contributed by atoms with van der Waals surface area (Å²) in [6.45, 7) is -1.27. The summed E-state index contributed by atoms with van der Waals surface area (Å²) < 4.78 is 30.0. The minimum Gasteiger partial charge on any atom is -0.433 e. The molecule has 0 fully saturated rings. The molecule has 6 nitrogen and oxygen atoms in total. The van der Waals surface area contributed by atoms with Crippen LogP contribution in [0, 0.1) is 0 Å². The number of nitrogens with one attached hydrogen (secondary N) is 2. The number of para-hydroxylation sites is 3. The monoisotopic (exact) mass is 422 g/mol. The fraction of sp³-hybridized carbons (Fsp3) is 0.167. The second-order valence-electron chi connectivity index (χ2n) is 5.49. The summed E-state index contributed by atoms with van der Waals surface area (Å²) >= 11 is 2.54. The molecular weight excluding hydrogens is 406 g/mol. The Bertz CT molecular complexity index is 925. The fourth-order valence-corrected chi connectivity index (χ4v) is 4.08. The molecule has 1 unspecified atom stereocenters. The van der Waals surface area contributed by atoms with E-state index in [1.807, 2.05) is 30.3 Å². The maximum Gasteiger partial charge on any atom is 0.387 e. The predicted molar refractivity (Wildman–Crippen MR) is 107 cm³/mol. The molecule has 1 aromatic heterocycles. The molecule has 3 rings (SSSR count). The molecule has 2 N–H and O–H groups in total. The number of aromatic nitrogens is 2. The Morgan fingerprint density at radius 3 is 2.57 bits per heavy atom. The van der Waals surface area contributed by atoms with Gasteiger partial charge in [-0.1, -0.05) is 53.4 Å². The first kappa shape index (κ1) is 20.0. The normalized spacial score (nSPS) is 11.9. The average molecular weight is 422 g/mol. The summed E-state index contributed by atoms with van der Waals surface area (Å²) in [5.74, 6) is -0.448. The lowest BCUT2D eigenvalue weighted by Crippen LogP contribution is -2.23. The third kappa shape index (κ3) is 5.64. The van der Waals surface area contributed by atoms with Crippen LogP contribution in [-0.4, -0.2) is 28.0 Å². The first-order chi connectivity index (χ1) is 13.5. The molecule has 1 atom stereocenters. The number of hydrogen-bond donors (Lipinski definition) is 2. The molecule has 0 aliphatic heterocycles. The molecule has 146 valence electrons. The van der Waals surface area contributed by atoms with E-state index in [0.29, 0.717) is 9.47 Å². The van der Waals surface area contributed by atoms with E-state index in [-0.39, 0.29) is 17.3 Å². The number of carbonyl (C=O) groups excluding carboxylic acids is 1. The van der Waals surface area contributed by atoms with Gasteiger partial charge in [-0.25, -0.2) is 0 Å². The Morgan fingerprint density at radius 1 is 1.11 bits per heavy atom. The van der Waals surface area contributed by atoms with Crippen LogP contribution >= 0.6 is 23.1 Å². The zero-order chi connectivity index (χ0) is 19.9. The van der Waals surface area contributed by atoms with Crippen LogP contribution in [0.3, 0.4) is 0 Å². The lowest BCUT2D eigenvalue weighted by Gasteiger charge is -2.14. The number of rotatable bonds is 8. The number of hydrogen-bond acceptors (Lipinski definition) is 7. The highest BCUT2D eigenvalue weighted by Gasteiger charge is 2.19. The van der Waals surface area contributed by atoms with Crippen molar-refractivity contribution in [1.29, 1.82) is 0 Å². The van der Waals surface area contributed by atoms with Gasteiger partial charge in [0.15, 0.2) is 4.34 Å². The van der Waals surface area contributed by atoms with Crippen LogP contribution in [0.25, 0.3) is 0 Å².